The monoisotopic (exact) mass is 244 g/mol. The molecular formula is C12H24N2O3. The molecule has 0 aromatic rings. The van der Waals surface area contributed by atoms with Crippen LogP contribution in [0.2, 0.25) is 0 Å². The maximum Gasteiger partial charge on any atom is 0.307 e. The Labute approximate surface area is 103 Å². The first-order valence-corrected chi connectivity index (χ1v) is 6.05. The SMILES string of the molecule is COC(=O)C[C@H](CCCN)NC(=O)CC(C)C. The zero-order chi connectivity index (χ0) is 13.3. The molecular weight excluding hydrogens is 220 g/mol. The second kappa shape index (κ2) is 8.98. The van der Waals surface area contributed by atoms with Crippen molar-refractivity contribution in [2.45, 2.75) is 45.6 Å². The predicted molar refractivity (Wildman–Crippen MR) is 66.3 cm³/mol. The molecule has 0 rings (SSSR count). The van der Waals surface area contributed by atoms with Crippen LogP contribution in [0.5, 0.6) is 0 Å². The van der Waals surface area contributed by atoms with Gasteiger partial charge >= 0.3 is 5.97 Å². The van der Waals surface area contributed by atoms with Gasteiger partial charge in [-0.1, -0.05) is 13.8 Å². The van der Waals surface area contributed by atoms with E-state index in [4.69, 9.17) is 5.73 Å². The smallest absolute Gasteiger partial charge is 0.307 e. The summed E-state index contributed by atoms with van der Waals surface area (Å²) in [5, 5.41) is 2.85. The molecule has 3 N–H and O–H groups in total. The molecule has 100 valence electrons. The Hall–Kier alpha value is -1.10. The zero-order valence-electron chi connectivity index (χ0n) is 11.0. The Morgan fingerprint density at radius 1 is 1.29 bits per heavy atom. The quantitative estimate of drug-likeness (QED) is 0.619. The van der Waals surface area contributed by atoms with Crippen molar-refractivity contribution < 1.29 is 14.3 Å². The molecule has 0 fully saturated rings. The van der Waals surface area contributed by atoms with E-state index in [-0.39, 0.29) is 24.3 Å². The maximum atomic E-state index is 11.6. The number of nitrogens with one attached hydrogen (secondary N) is 1. The molecule has 0 bridgehead atoms. The number of carbonyl (C=O) groups excluding carboxylic acids is 2. The molecule has 17 heavy (non-hydrogen) atoms. The van der Waals surface area contributed by atoms with Gasteiger partial charge in [-0.3, -0.25) is 9.59 Å². The lowest BCUT2D eigenvalue weighted by Gasteiger charge is -2.18. The summed E-state index contributed by atoms with van der Waals surface area (Å²) in [6, 6.07) is -0.169. The molecule has 0 aromatic carbocycles. The minimum atomic E-state index is -0.308. The highest BCUT2D eigenvalue weighted by molar-refractivity contribution is 5.77. The average molecular weight is 244 g/mol. The molecule has 0 heterocycles. The third-order valence-corrected chi connectivity index (χ3v) is 2.36. The van der Waals surface area contributed by atoms with Crippen LogP contribution in [0.15, 0.2) is 0 Å². The van der Waals surface area contributed by atoms with E-state index in [1.807, 2.05) is 13.8 Å². The number of amides is 1. The topological polar surface area (TPSA) is 81.4 Å². The Morgan fingerprint density at radius 2 is 1.94 bits per heavy atom. The van der Waals surface area contributed by atoms with Crippen molar-refractivity contribution in [3.05, 3.63) is 0 Å². The first-order chi connectivity index (χ1) is 7.99. The van der Waals surface area contributed by atoms with Gasteiger partial charge in [-0.05, 0) is 25.3 Å². The van der Waals surface area contributed by atoms with Crippen LogP contribution in [0.4, 0.5) is 0 Å². The van der Waals surface area contributed by atoms with E-state index >= 15 is 0 Å². The van der Waals surface area contributed by atoms with Gasteiger partial charge in [-0.2, -0.15) is 0 Å². The van der Waals surface area contributed by atoms with Gasteiger partial charge in [0.15, 0.2) is 0 Å². The largest absolute Gasteiger partial charge is 0.469 e. The molecule has 0 unspecified atom stereocenters. The minimum Gasteiger partial charge on any atom is -0.469 e. The van der Waals surface area contributed by atoms with E-state index in [0.717, 1.165) is 6.42 Å². The maximum absolute atomic E-state index is 11.6. The Morgan fingerprint density at radius 3 is 2.41 bits per heavy atom. The third-order valence-electron chi connectivity index (χ3n) is 2.36. The van der Waals surface area contributed by atoms with Crippen molar-refractivity contribution in [1.29, 1.82) is 0 Å². The highest BCUT2D eigenvalue weighted by Crippen LogP contribution is 2.05. The van der Waals surface area contributed by atoms with Crippen molar-refractivity contribution in [2.24, 2.45) is 11.7 Å². The molecule has 0 saturated heterocycles. The van der Waals surface area contributed by atoms with Crippen LogP contribution < -0.4 is 11.1 Å². The van der Waals surface area contributed by atoms with Crippen molar-refractivity contribution in [2.75, 3.05) is 13.7 Å². The standard InChI is InChI=1S/C12H24N2O3/c1-9(2)7-11(15)14-10(5-4-6-13)8-12(16)17-3/h9-10H,4-8,13H2,1-3H3,(H,14,15)/t10-/m0/s1. The highest BCUT2D eigenvalue weighted by atomic mass is 16.5. The van der Waals surface area contributed by atoms with Crippen LogP contribution in [-0.4, -0.2) is 31.6 Å². The second-order valence-corrected chi connectivity index (χ2v) is 4.57. The summed E-state index contributed by atoms with van der Waals surface area (Å²) in [4.78, 5) is 22.8. The van der Waals surface area contributed by atoms with Gasteiger partial charge in [0.1, 0.15) is 0 Å². The number of hydrogen-bond donors (Lipinski definition) is 2. The molecule has 0 spiro atoms. The summed E-state index contributed by atoms with van der Waals surface area (Å²) in [6.45, 7) is 4.52. The number of rotatable bonds is 8. The highest BCUT2D eigenvalue weighted by Gasteiger charge is 2.16. The van der Waals surface area contributed by atoms with Crippen LogP contribution in [-0.2, 0) is 14.3 Å². The van der Waals surface area contributed by atoms with Crippen LogP contribution >= 0.6 is 0 Å². The minimum absolute atomic E-state index is 0.0223. The van der Waals surface area contributed by atoms with Gasteiger partial charge in [0.25, 0.3) is 0 Å². The lowest BCUT2D eigenvalue weighted by molar-refractivity contribution is -0.141. The molecule has 0 aliphatic rings. The van der Waals surface area contributed by atoms with Crippen molar-refractivity contribution >= 4 is 11.9 Å². The van der Waals surface area contributed by atoms with Crippen molar-refractivity contribution in [3.8, 4) is 0 Å². The molecule has 1 atom stereocenters. The fourth-order valence-electron chi connectivity index (χ4n) is 1.53. The third kappa shape index (κ3) is 8.68. The van der Waals surface area contributed by atoms with Crippen molar-refractivity contribution in [1.82, 2.24) is 5.32 Å². The van der Waals surface area contributed by atoms with Crippen LogP contribution in [0, 0.1) is 5.92 Å². The summed E-state index contributed by atoms with van der Waals surface area (Å²) in [7, 11) is 1.35. The van der Waals surface area contributed by atoms with Gasteiger partial charge < -0.3 is 15.8 Å². The molecule has 0 saturated carbocycles. The lowest BCUT2D eigenvalue weighted by atomic mass is 10.1. The van der Waals surface area contributed by atoms with Crippen molar-refractivity contribution in [3.63, 3.8) is 0 Å². The van der Waals surface area contributed by atoms with Crippen LogP contribution in [0.25, 0.3) is 0 Å². The molecule has 5 heteroatoms. The Balaban J connectivity index is 4.17. The van der Waals surface area contributed by atoms with Gasteiger partial charge in [-0.15, -0.1) is 0 Å². The predicted octanol–water partition coefficient (Wildman–Crippen LogP) is 0.819. The molecule has 0 aliphatic carbocycles. The van der Waals surface area contributed by atoms with Gasteiger partial charge in [0.2, 0.25) is 5.91 Å². The number of esters is 1. The average Bonchev–Trinajstić information content (AvgIpc) is 2.24. The van der Waals surface area contributed by atoms with Crippen LogP contribution in [0.3, 0.4) is 0 Å². The van der Waals surface area contributed by atoms with E-state index in [9.17, 15) is 9.59 Å². The summed E-state index contributed by atoms with van der Waals surface area (Å²) >= 11 is 0. The number of hydrogen-bond acceptors (Lipinski definition) is 4. The molecule has 0 aliphatic heterocycles. The van der Waals surface area contributed by atoms with Gasteiger partial charge in [0.05, 0.1) is 13.5 Å². The number of carbonyl (C=O) groups is 2. The summed E-state index contributed by atoms with van der Waals surface area (Å²) in [5.74, 6) is -0.0221. The van der Waals surface area contributed by atoms with Crippen LogP contribution in [0.1, 0.15) is 39.5 Å². The van der Waals surface area contributed by atoms with E-state index in [2.05, 4.69) is 10.1 Å². The fourth-order valence-corrected chi connectivity index (χ4v) is 1.53. The summed E-state index contributed by atoms with van der Waals surface area (Å²) in [6.07, 6.45) is 2.17. The summed E-state index contributed by atoms with van der Waals surface area (Å²) < 4.78 is 4.60. The number of ether oxygens (including phenoxy) is 1. The van der Waals surface area contributed by atoms with E-state index in [0.29, 0.717) is 25.3 Å². The Kier molecular flexibility index (Phi) is 8.40. The van der Waals surface area contributed by atoms with E-state index in [1.165, 1.54) is 7.11 Å². The summed E-state index contributed by atoms with van der Waals surface area (Å²) in [5.41, 5.74) is 5.42. The first kappa shape index (κ1) is 15.9. The Bertz CT molecular complexity index is 242. The molecule has 0 radical (unpaired) electrons. The van der Waals surface area contributed by atoms with E-state index in [1.54, 1.807) is 0 Å². The normalized spacial score (nSPS) is 12.3. The number of nitrogens with two attached hydrogens (primary N) is 1. The van der Waals surface area contributed by atoms with Gasteiger partial charge in [-0.25, -0.2) is 0 Å². The molecule has 1 amide bonds. The molecule has 0 aromatic heterocycles. The first-order valence-electron chi connectivity index (χ1n) is 6.05. The fraction of sp³-hybridized carbons (Fsp3) is 0.833. The molecule has 5 nitrogen and oxygen atoms in total. The number of methoxy groups -OCH3 is 1. The second-order valence-electron chi connectivity index (χ2n) is 4.57. The van der Waals surface area contributed by atoms with Gasteiger partial charge in [0, 0.05) is 12.5 Å². The van der Waals surface area contributed by atoms with E-state index < -0.39 is 0 Å². The lowest BCUT2D eigenvalue weighted by Crippen LogP contribution is -2.37. The zero-order valence-corrected chi connectivity index (χ0v) is 11.0.